The maximum Gasteiger partial charge on any atom is 0.225 e. The van der Waals surface area contributed by atoms with E-state index < -0.39 is 0 Å². The molecule has 0 aliphatic heterocycles. The predicted molar refractivity (Wildman–Crippen MR) is 99.8 cm³/mol. The van der Waals surface area contributed by atoms with Crippen LogP contribution in [0.15, 0.2) is 48.5 Å². The average molecular weight is 339 g/mol. The zero-order valence-electron chi connectivity index (χ0n) is 13.3. The van der Waals surface area contributed by atoms with Crippen molar-refractivity contribution in [2.75, 3.05) is 17.2 Å². The summed E-state index contributed by atoms with van der Waals surface area (Å²) < 4.78 is 0. The zero-order valence-corrected chi connectivity index (χ0v) is 14.1. The van der Waals surface area contributed by atoms with E-state index in [9.17, 15) is 0 Å². The lowest BCUT2D eigenvalue weighted by atomic mass is 10.1. The summed E-state index contributed by atoms with van der Waals surface area (Å²) >= 11 is 5.92. The van der Waals surface area contributed by atoms with Gasteiger partial charge in [-0.25, -0.2) is 4.98 Å². The molecular formula is C19H19ClN4. The van der Waals surface area contributed by atoms with Crippen molar-refractivity contribution in [2.24, 2.45) is 0 Å². The quantitative estimate of drug-likeness (QED) is 0.694. The van der Waals surface area contributed by atoms with Crippen LogP contribution in [0.2, 0.25) is 5.02 Å². The summed E-state index contributed by atoms with van der Waals surface area (Å²) in [7, 11) is 0. The number of anilines is 2. The molecule has 5 heteroatoms. The summed E-state index contributed by atoms with van der Waals surface area (Å²) in [6.07, 6.45) is 3.34. The molecule has 3 aromatic rings. The van der Waals surface area contributed by atoms with Crippen LogP contribution in [0.25, 0.3) is 10.9 Å². The Kier molecular flexibility index (Phi) is 4.22. The van der Waals surface area contributed by atoms with Crippen LogP contribution in [0.4, 0.5) is 11.8 Å². The van der Waals surface area contributed by atoms with E-state index in [1.54, 1.807) is 0 Å². The van der Waals surface area contributed by atoms with Crippen LogP contribution in [0.3, 0.4) is 0 Å². The summed E-state index contributed by atoms with van der Waals surface area (Å²) in [4.78, 5) is 9.30. The fourth-order valence-corrected chi connectivity index (χ4v) is 2.78. The van der Waals surface area contributed by atoms with Gasteiger partial charge in [-0.1, -0.05) is 35.9 Å². The van der Waals surface area contributed by atoms with Crippen molar-refractivity contribution in [3.05, 3.63) is 59.1 Å². The number of hydrogen-bond donors (Lipinski definition) is 2. The molecule has 0 unspecified atom stereocenters. The molecule has 1 aliphatic rings. The Balaban J connectivity index is 1.49. The van der Waals surface area contributed by atoms with E-state index in [0.717, 1.165) is 34.7 Å². The number of halogens is 1. The Hall–Kier alpha value is -2.33. The second-order valence-electron chi connectivity index (χ2n) is 6.13. The van der Waals surface area contributed by atoms with Crippen LogP contribution in [-0.4, -0.2) is 22.6 Å². The van der Waals surface area contributed by atoms with Gasteiger partial charge in [-0.2, -0.15) is 4.98 Å². The largest absolute Gasteiger partial charge is 0.367 e. The van der Waals surface area contributed by atoms with E-state index in [2.05, 4.69) is 26.7 Å². The van der Waals surface area contributed by atoms with Gasteiger partial charge >= 0.3 is 0 Å². The first-order valence-electron chi connectivity index (χ1n) is 8.29. The SMILES string of the molecule is Clc1ccc(CCNc2nc(NC3CC3)c3ccccc3n2)cc1. The molecule has 1 aromatic heterocycles. The van der Waals surface area contributed by atoms with Gasteiger partial charge in [-0.15, -0.1) is 0 Å². The smallest absolute Gasteiger partial charge is 0.225 e. The van der Waals surface area contributed by atoms with Gasteiger partial charge in [0.25, 0.3) is 0 Å². The van der Waals surface area contributed by atoms with Gasteiger partial charge < -0.3 is 10.6 Å². The number of hydrogen-bond acceptors (Lipinski definition) is 4. The summed E-state index contributed by atoms with van der Waals surface area (Å²) in [6.45, 7) is 0.781. The highest BCUT2D eigenvalue weighted by atomic mass is 35.5. The molecule has 0 amide bonds. The molecule has 0 saturated heterocycles. The monoisotopic (exact) mass is 338 g/mol. The first kappa shape index (κ1) is 15.2. The third-order valence-corrected chi connectivity index (χ3v) is 4.38. The van der Waals surface area contributed by atoms with Crippen molar-refractivity contribution >= 4 is 34.3 Å². The van der Waals surface area contributed by atoms with Crippen molar-refractivity contribution in [1.29, 1.82) is 0 Å². The van der Waals surface area contributed by atoms with Gasteiger partial charge in [-0.05, 0) is 49.1 Å². The molecule has 122 valence electrons. The average Bonchev–Trinajstić information content (AvgIpc) is 3.41. The summed E-state index contributed by atoms with van der Waals surface area (Å²) in [6, 6.07) is 16.6. The third-order valence-electron chi connectivity index (χ3n) is 4.13. The van der Waals surface area contributed by atoms with E-state index >= 15 is 0 Å². The van der Waals surface area contributed by atoms with Crippen LogP contribution in [0.1, 0.15) is 18.4 Å². The van der Waals surface area contributed by atoms with E-state index in [0.29, 0.717) is 12.0 Å². The van der Waals surface area contributed by atoms with E-state index in [4.69, 9.17) is 11.6 Å². The minimum absolute atomic E-state index is 0.560. The molecule has 4 rings (SSSR count). The van der Waals surface area contributed by atoms with E-state index in [1.165, 1.54) is 18.4 Å². The molecule has 24 heavy (non-hydrogen) atoms. The Labute approximate surface area is 146 Å². The van der Waals surface area contributed by atoms with Crippen molar-refractivity contribution in [2.45, 2.75) is 25.3 Å². The lowest BCUT2D eigenvalue weighted by Gasteiger charge is -2.11. The van der Waals surface area contributed by atoms with Crippen LogP contribution < -0.4 is 10.6 Å². The number of benzene rings is 2. The Morgan fingerprint density at radius 2 is 1.79 bits per heavy atom. The number of fused-ring (bicyclic) bond motifs is 1. The molecule has 1 fully saturated rings. The van der Waals surface area contributed by atoms with Crippen molar-refractivity contribution in [1.82, 2.24) is 9.97 Å². The second-order valence-corrected chi connectivity index (χ2v) is 6.57. The Morgan fingerprint density at radius 3 is 2.58 bits per heavy atom. The van der Waals surface area contributed by atoms with Crippen molar-refractivity contribution in [3.8, 4) is 0 Å². The molecule has 0 radical (unpaired) electrons. The third kappa shape index (κ3) is 3.60. The van der Waals surface area contributed by atoms with Gasteiger partial charge in [-0.3, -0.25) is 0 Å². The van der Waals surface area contributed by atoms with Crippen LogP contribution in [-0.2, 0) is 6.42 Å². The van der Waals surface area contributed by atoms with Crippen LogP contribution in [0.5, 0.6) is 0 Å². The molecule has 2 N–H and O–H groups in total. The Bertz CT molecular complexity index is 844. The molecule has 4 nitrogen and oxygen atoms in total. The topological polar surface area (TPSA) is 49.8 Å². The fourth-order valence-electron chi connectivity index (χ4n) is 2.66. The molecular weight excluding hydrogens is 320 g/mol. The van der Waals surface area contributed by atoms with Gasteiger partial charge in [0.15, 0.2) is 0 Å². The van der Waals surface area contributed by atoms with E-state index in [1.807, 2.05) is 42.5 Å². The van der Waals surface area contributed by atoms with Crippen LogP contribution >= 0.6 is 11.6 Å². The minimum Gasteiger partial charge on any atom is -0.367 e. The normalized spacial score (nSPS) is 13.9. The standard InChI is InChI=1S/C19H19ClN4/c20-14-7-5-13(6-8-14)11-12-21-19-23-17-4-2-1-3-16(17)18(24-19)22-15-9-10-15/h1-8,15H,9-12H2,(H2,21,22,23,24). The number of para-hydroxylation sites is 1. The first-order chi connectivity index (χ1) is 11.8. The molecule has 1 saturated carbocycles. The number of rotatable bonds is 6. The van der Waals surface area contributed by atoms with Crippen molar-refractivity contribution < 1.29 is 0 Å². The van der Waals surface area contributed by atoms with Crippen LogP contribution in [0, 0.1) is 0 Å². The summed E-state index contributed by atoms with van der Waals surface area (Å²) in [5.41, 5.74) is 2.20. The predicted octanol–water partition coefficient (Wildman–Crippen LogP) is 4.51. The molecule has 0 atom stereocenters. The lowest BCUT2D eigenvalue weighted by Crippen LogP contribution is -2.11. The van der Waals surface area contributed by atoms with E-state index in [-0.39, 0.29) is 0 Å². The molecule has 0 spiro atoms. The maximum atomic E-state index is 5.92. The summed E-state index contributed by atoms with van der Waals surface area (Å²) in [5, 5.41) is 8.69. The molecule has 1 aliphatic carbocycles. The number of nitrogens with one attached hydrogen (secondary N) is 2. The maximum absolute atomic E-state index is 5.92. The highest BCUT2D eigenvalue weighted by Gasteiger charge is 2.22. The first-order valence-corrected chi connectivity index (χ1v) is 8.67. The summed E-state index contributed by atoms with van der Waals surface area (Å²) in [5.74, 6) is 1.60. The minimum atomic E-state index is 0.560. The molecule has 0 bridgehead atoms. The van der Waals surface area contributed by atoms with Gasteiger partial charge in [0.2, 0.25) is 5.95 Å². The second kappa shape index (κ2) is 6.65. The highest BCUT2D eigenvalue weighted by molar-refractivity contribution is 6.30. The Morgan fingerprint density at radius 1 is 1.00 bits per heavy atom. The number of aromatic nitrogens is 2. The molecule has 1 heterocycles. The van der Waals surface area contributed by atoms with Gasteiger partial charge in [0.1, 0.15) is 5.82 Å². The van der Waals surface area contributed by atoms with Gasteiger partial charge in [0.05, 0.1) is 5.52 Å². The number of nitrogens with zero attached hydrogens (tertiary/aromatic N) is 2. The molecule has 2 aromatic carbocycles. The van der Waals surface area contributed by atoms with Crippen molar-refractivity contribution in [3.63, 3.8) is 0 Å². The van der Waals surface area contributed by atoms with Gasteiger partial charge in [0, 0.05) is 23.0 Å². The highest BCUT2D eigenvalue weighted by Crippen LogP contribution is 2.28. The zero-order chi connectivity index (χ0) is 16.4. The lowest BCUT2D eigenvalue weighted by molar-refractivity contribution is 0.987. The fraction of sp³-hybridized carbons (Fsp3) is 0.263.